The average molecular weight is 203 g/mol. The Bertz CT molecular complexity index is 341. The van der Waals surface area contributed by atoms with E-state index in [4.69, 9.17) is 6.42 Å². The highest BCUT2D eigenvalue weighted by Gasteiger charge is 2.03. The monoisotopic (exact) mass is 203 g/mol. The predicted molar refractivity (Wildman–Crippen MR) is 61.1 cm³/mol. The van der Waals surface area contributed by atoms with Crippen molar-refractivity contribution in [2.45, 2.75) is 39.3 Å². The van der Waals surface area contributed by atoms with Crippen molar-refractivity contribution >= 4 is 0 Å². The lowest BCUT2D eigenvalue weighted by Crippen LogP contribution is -2.27. The molecule has 15 heavy (non-hydrogen) atoms. The van der Waals surface area contributed by atoms with E-state index in [0.717, 1.165) is 24.4 Å². The molecular formula is C12H17N3. The van der Waals surface area contributed by atoms with Gasteiger partial charge in [-0.25, -0.2) is 9.97 Å². The maximum absolute atomic E-state index is 5.41. The van der Waals surface area contributed by atoms with Crippen molar-refractivity contribution in [2.24, 2.45) is 0 Å². The molecule has 0 aliphatic heterocycles. The smallest absolute Gasteiger partial charge is 0.125 e. The van der Waals surface area contributed by atoms with Crippen LogP contribution >= 0.6 is 0 Å². The second-order valence-electron chi connectivity index (χ2n) is 3.48. The van der Waals surface area contributed by atoms with Crippen LogP contribution in [-0.2, 0) is 6.54 Å². The van der Waals surface area contributed by atoms with Gasteiger partial charge in [0, 0.05) is 12.7 Å². The number of aromatic nitrogens is 2. The van der Waals surface area contributed by atoms with Gasteiger partial charge < -0.3 is 0 Å². The van der Waals surface area contributed by atoms with Crippen LogP contribution in [0, 0.1) is 19.3 Å². The molecule has 0 saturated carbocycles. The summed E-state index contributed by atoms with van der Waals surface area (Å²) in [6.07, 6.45) is 9.26. The van der Waals surface area contributed by atoms with E-state index in [2.05, 4.69) is 28.1 Å². The molecule has 3 nitrogen and oxygen atoms in total. The molecule has 1 rings (SSSR count). The van der Waals surface area contributed by atoms with Gasteiger partial charge in [0.15, 0.2) is 0 Å². The minimum absolute atomic E-state index is 0.144. The van der Waals surface area contributed by atoms with E-state index >= 15 is 0 Å². The van der Waals surface area contributed by atoms with Crippen molar-refractivity contribution in [1.82, 2.24) is 15.3 Å². The van der Waals surface area contributed by atoms with E-state index in [0.29, 0.717) is 6.54 Å². The number of nitrogens with one attached hydrogen (secondary N) is 1. The van der Waals surface area contributed by atoms with Gasteiger partial charge in [0.05, 0.1) is 11.7 Å². The van der Waals surface area contributed by atoms with Gasteiger partial charge in [-0.15, -0.1) is 6.42 Å². The minimum Gasteiger partial charge on any atom is -0.298 e. The second kappa shape index (κ2) is 6.15. The summed E-state index contributed by atoms with van der Waals surface area (Å²) >= 11 is 0. The molecule has 0 fully saturated rings. The summed E-state index contributed by atoms with van der Waals surface area (Å²) in [6.45, 7) is 4.72. The lowest BCUT2D eigenvalue weighted by Gasteiger charge is -2.11. The molecule has 1 unspecified atom stereocenters. The summed E-state index contributed by atoms with van der Waals surface area (Å²) in [5.74, 6) is 3.53. The van der Waals surface area contributed by atoms with E-state index in [-0.39, 0.29) is 6.04 Å². The lowest BCUT2D eigenvalue weighted by molar-refractivity contribution is 0.556. The van der Waals surface area contributed by atoms with Crippen LogP contribution in [-0.4, -0.2) is 16.0 Å². The molecule has 1 atom stereocenters. The van der Waals surface area contributed by atoms with Gasteiger partial charge in [0.1, 0.15) is 5.82 Å². The molecule has 1 aromatic rings. The van der Waals surface area contributed by atoms with Crippen LogP contribution in [0.25, 0.3) is 0 Å². The highest BCUT2D eigenvalue weighted by Crippen LogP contribution is 1.98. The van der Waals surface area contributed by atoms with Crippen LogP contribution in [0.5, 0.6) is 0 Å². The normalized spacial score (nSPS) is 12.1. The third-order valence-electron chi connectivity index (χ3n) is 2.14. The first kappa shape index (κ1) is 11.7. The van der Waals surface area contributed by atoms with Crippen LogP contribution < -0.4 is 5.32 Å². The van der Waals surface area contributed by atoms with Crippen LogP contribution in [0.15, 0.2) is 12.3 Å². The van der Waals surface area contributed by atoms with Crippen LogP contribution in [0.4, 0.5) is 0 Å². The molecule has 0 aliphatic carbocycles. The van der Waals surface area contributed by atoms with Crippen LogP contribution in [0.2, 0.25) is 0 Å². The third-order valence-corrected chi connectivity index (χ3v) is 2.14. The number of aryl methyl sites for hydroxylation is 1. The molecule has 80 valence electrons. The molecule has 0 bridgehead atoms. The van der Waals surface area contributed by atoms with E-state index in [1.165, 1.54) is 0 Å². The van der Waals surface area contributed by atoms with Gasteiger partial charge in [-0.3, -0.25) is 5.32 Å². The number of nitrogens with zero attached hydrogens (tertiary/aromatic N) is 2. The first-order valence-electron chi connectivity index (χ1n) is 5.24. The predicted octanol–water partition coefficient (Wildman–Crippen LogP) is 1.68. The summed E-state index contributed by atoms with van der Waals surface area (Å²) in [5.41, 5.74) is 0.985. The molecule has 0 radical (unpaired) electrons. The molecule has 0 aliphatic rings. The lowest BCUT2D eigenvalue weighted by atomic mass is 10.2. The van der Waals surface area contributed by atoms with Crippen LogP contribution in [0.1, 0.15) is 31.3 Å². The first-order chi connectivity index (χ1) is 7.26. The zero-order valence-electron chi connectivity index (χ0n) is 9.33. The zero-order valence-corrected chi connectivity index (χ0v) is 9.33. The molecule has 0 spiro atoms. The Labute approximate surface area is 91.3 Å². The third kappa shape index (κ3) is 4.09. The molecule has 1 heterocycles. The minimum atomic E-state index is 0.144. The largest absolute Gasteiger partial charge is 0.298 e. The molecule has 1 N–H and O–H groups in total. The number of rotatable bonds is 5. The summed E-state index contributed by atoms with van der Waals surface area (Å²) in [7, 11) is 0. The SMILES string of the molecule is C#CC(CCC)NCc1ccnc(C)n1. The van der Waals surface area contributed by atoms with Crippen molar-refractivity contribution in [3.05, 3.63) is 23.8 Å². The number of terminal acetylenes is 1. The fourth-order valence-corrected chi connectivity index (χ4v) is 1.36. The maximum Gasteiger partial charge on any atom is 0.125 e. The van der Waals surface area contributed by atoms with Gasteiger partial charge in [-0.05, 0) is 19.4 Å². The molecule has 3 heteroatoms. The van der Waals surface area contributed by atoms with E-state index in [1.807, 2.05) is 13.0 Å². The second-order valence-corrected chi connectivity index (χ2v) is 3.48. The van der Waals surface area contributed by atoms with Gasteiger partial charge >= 0.3 is 0 Å². The van der Waals surface area contributed by atoms with Crippen molar-refractivity contribution in [3.63, 3.8) is 0 Å². The van der Waals surface area contributed by atoms with Crippen molar-refractivity contribution < 1.29 is 0 Å². The van der Waals surface area contributed by atoms with Gasteiger partial charge in [0.2, 0.25) is 0 Å². The summed E-state index contributed by atoms with van der Waals surface area (Å²) < 4.78 is 0. The molecule has 0 saturated heterocycles. The van der Waals surface area contributed by atoms with Crippen molar-refractivity contribution in [2.75, 3.05) is 0 Å². The Morgan fingerprint density at radius 1 is 1.60 bits per heavy atom. The summed E-state index contributed by atoms with van der Waals surface area (Å²) in [4.78, 5) is 8.34. The van der Waals surface area contributed by atoms with Gasteiger partial charge in [-0.1, -0.05) is 19.3 Å². The highest BCUT2D eigenvalue weighted by atomic mass is 14.9. The van der Waals surface area contributed by atoms with Gasteiger partial charge in [0.25, 0.3) is 0 Å². The van der Waals surface area contributed by atoms with Crippen molar-refractivity contribution in [3.8, 4) is 12.3 Å². The topological polar surface area (TPSA) is 37.8 Å². The van der Waals surface area contributed by atoms with Crippen molar-refractivity contribution in [1.29, 1.82) is 0 Å². The average Bonchev–Trinajstić information content (AvgIpc) is 2.24. The number of hydrogen-bond donors (Lipinski definition) is 1. The molecule has 0 amide bonds. The fraction of sp³-hybridized carbons (Fsp3) is 0.500. The fourth-order valence-electron chi connectivity index (χ4n) is 1.36. The number of hydrogen-bond acceptors (Lipinski definition) is 3. The maximum atomic E-state index is 5.41. The Hall–Kier alpha value is -1.40. The van der Waals surface area contributed by atoms with E-state index in [1.54, 1.807) is 6.20 Å². The first-order valence-corrected chi connectivity index (χ1v) is 5.24. The molecule has 1 aromatic heterocycles. The Morgan fingerprint density at radius 3 is 3.00 bits per heavy atom. The van der Waals surface area contributed by atoms with E-state index in [9.17, 15) is 0 Å². The molecule has 0 aromatic carbocycles. The quantitative estimate of drug-likeness (QED) is 0.740. The summed E-state index contributed by atoms with van der Waals surface area (Å²) in [6, 6.07) is 2.05. The zero-order chi connectivity index (χ0) is 11.1. The molecular weight excluding hydrogens is 186 g/mol. The van der Waals surface area contributed by atoms with Crippen LogP contribution in [0.3, 0.4) is 0 Å². The van der Waals surface area contributed by atoms with Gasteiger partial charge in [-0.2, -0.15) is 0 Å². The standard InChI is InChI=1S/C12H17N3/c1-4-6-11(5-2)14-9-12-7-8-13-10(3)15-12/h2,7-8,11,14H,4,6,9H2,1,3H3. The van der Waals surface area contributed by atoms with E-state index < -0.39 is 0 Å². The Kier molecular flexibility index (Phi) is 4.79. The summed E-state index contributed by atoms with van der Waals surface area (Å²) in [5, 5.41) is 3.29. The Balaban J connectivity index is 2.46. The Morgan fingerprint density at radius 2 is 2.40 bits per heavy atom. The highest BCUT2D eigenvalue weighted by molar-refractivity contribution is 5.04.